The molecule has 4 nitrogen and oxygen atoms in total. The van der Waals surface area contributed by atoms with Gasteiger partial charge in [-0.3, -0.25) is 0 Å². The molecule has 124 valence electrons. The maximum Gasteiger partial charge on any atom is 0.390 e. The van der Waals surface area contributed by atoms with E-state index >= 15 is 0 Å². The van der Waals surface area contributed by atoms with Crippen LogP contribution in [0.5, 0.6) is 0 Å². The molecule has 0 radical (unpaired) electrons. The largest absolute Gasteiger partial charge is 0.390 e. The maximum absolute atomic E-state index is 12.2. The molecule has 0 spiro atoms. The van der Waals surface area contributed by atoms with Crippen molar-refractivity contribution in [1.29, 1.82) is 0 Å². The van der Waals surface area contributed by atoms with Crippen molar-refractivity contribution in [2.24, 2.45) is 0 Å². The van der Waals surface area contributed by atoms with Crippen LogP contribution in [0.2, 0.25) is 0 Å². The molecule has 1 heterocycles. The van der Waals surface area contributed by atoms with Gasteiger partial charge in [0.15, 0.2) is 0 Å². The third-order valence-corrected chi connectivity index (χ3v) is 5.44. The minimum Gasteiger partial charge on any atom is -0.372 e. The van der Waals surface area contributed by atoms with Gasteiger partial charge in [-0.15, -0.1) is 0 Å². The van der Waals surface area contributed by atoms with Gasteiger partial charge in [0, 0.05) is 20.0 Å². The van der Waals surface area contributed by atoms with E-state index < -0.39 is 28.4 Å². The average Bonchev–Trinajstić information content (AvgIpc) is 2.44. The number of sulfonamides is 1. The van der Waals surface area contributed by atoms with Crippen LogP contribution in [-0.2, 0) is 27.8 Å². The highest BCUT2D eigenvalue weighted by atomic mass is 32.2. The van der Waals surface area contributed by atoms with Crippen LogP contribution in [0.25, 0.3) is 0 Å². The fourth-order valence-electron chi connectivity index (χ4n) is 2.33. The number of benzene rings is 1. The summed E-state index contributed by atoms with van der Waals surface area (Å²) in [5, 5.41) is 0. The predicted molar refractivity (Wildman–Crippen MR) is 75.8 cm³/mol. The second kappa shape index (κ2) is 6.55. The minimum absolute atomic E-state index is 0.0501. The Balaban J connectivity index is 1.94. The summed E-state index contributed by atoms with van der Waals surface area (Å²) in [6.45, 7) is 0.436. The number of rotatable bonds is 5. The number of hydrogen-bond donors (Lipinski definition) is 0. The summed E-state index contributed by atoms with van der Waals surface area (Å²) in [5.41, 5.74) is 2.14. The first-order valence-electron chi connectivity index (χ1n) is 6.86. The highest BCUT2D eigenvalue weighted by Gasteiger charge is 2.32. The molecule has 1 aliphatic heterocycles. The number of halogens is 3. The van der Waals surface area contributed by atoms with Crippen molar-refractivity contribution in [1.82, 2.24) is 4.31 Å². The molecule has 22 heavy (non-hydrogen) atoms. The molecule has 0 saturated carbocycles. The second-order valence-electron chi connectivity index (χ2n) is 5.37. The third-order valence-electron chi connectivity index (χ3n) is 3.62. The summed E-state index contributed by atoms with van der Waals surface area (Å²) < 4.78 is 66.8. The zero-order chi connectivity index (χ0) is 16.4. The Morgan fingerprint density at radius 3 is 2.55 bits per heavy atom. The molecule has 0 bridgehead atoms. The SMILES string of the molecule is CN(C[C@H]1Cc2ccccc2CO1)S(=O)(=O)CCC(F)(F)F. The monoisotopic (exact) mass is 337 g/mol. The molecule has 8 heteroatoms. The lowest BCUT2D eigenvalue weighted by Crippen LogP contribution is -2.39. The van der Waals surface area contributed by atoms with E-state index in [1.54, 1.807) is 0 Å². The van der Waals surface area contributed by atoms with Crippen molar-refractivity contribution in [3.05, 3.63) is 35.4 Å². The van der Waals surface area contributed by atoms with Gasteiger partial charge in [0.2, 0.25) is 10.0 Å². The summed E-state index contributed by atoms with van der Waals surface area (Å²) in [6.07, 6.45) is -5.61. The summed E-state index contributed by atoms with van der Waals surface area (Å²) in [6, 6.07) is 7.68. The van der Waals surface area contributed by atoms with E-state index in [0.29, 0.717) is 13.0 Å². The summed E-state index contributed by atoms with van der Waals surface area (Å²) in [4.78, 5) is 0. The fourth-order valence-corrected chi connectivity index (χ4v) is 3.52. The van der Waals surface area contributed by atoms with E-state index in [9.17, 15) is 21.6 Å². The smallest absolute Gasteiger partial charge is 0.372 e. The van der Waals surface area contributed by atoms with Gasteiger partial charge in [-0.05, 0) is 11.1 Å². The summed E-state index contributed by atoms with van der Waals surface area (Å²) in [5.74, 6) is -0.934. The Bertz CT molecular complexity index is 616. The van der Waals surface area contributed by atoms with Gasteiger partial charge in [-0.25, -0.2) is 12.7 Å². The molecule has 1 atom stereocenters. The molecule has 0 aliphatic carbocycles. The molecule has 1 aromatic rings. The van der Waals surface area contributed by atoms with Crippen LogP contribution in [0.15, 0.2) is 24.3 Å². The molecule has 0 fully saturated rings. The predicted octanol–water partition coefficient (Wildman–Crippen LogP) is 2.34. The van der Waals surface area contributed by atoms with Gasteiger partial charge in [-0.1, -0.05) is 24.3 Å². The average molecular weight is 337 g/mol. The normalized spacial score (nSPS) is 19.2. The Kier molecular flexibility index (Phi) is 5.14. The highest BCUT2D eigenvalue weighted by molar-refractivity contribution is 7.89. The van der Waals surface area contributed by atoms with Crippen molar-refractivity contribution >= 4 is 10.0 Å². The van der Waals surface area contributed by atoms with Crippen molar-refractivity contribution in [3.8, 4) is 0 Å². The van der Waals surface area contributed by atoms with Crippen LogP contribution >= 0.6 is 0 Å². The van der Waals surface area contributed by atoms with Gasteiger partial charge in [-0.2, -0.15) is 13.2 Å². The number of nitrogens with zero attached hydrogens (tertiary/aromatic N) is 1. The van der Waals surface area contributed by atoms with E-state index in [1.165, 1.54) is 7.05 Å². The number of alkyl halides is 3. The summed E-state index contributed by atoms with van der Waals surface area (Å²) in [7, 11) is -2.65. The molecule has 1 aliphatic rings. The van der Waals surface area contributed by atoms with Crippen molar-refractivity contribution in [2.75, 3.05) is 19.3 Å². The molecular formula is C14H18F3NO3S. The lowest BCUT2D eigenvalue weighted by atomic mass is 9.99. The van der Waals surface area contributed by atoms with E-state index in [4.69, 9.17) is 4.74 Å². The number of ether oxygens (including phenoxy) is 1. The molecule has 0 saturated heterocycles. The van der Waals surface area contributed by atoms with Crippen LogP contribution in [0.1, 0.15) is 17.5 Å². The van der Waals surface area contributed by atoms with E-state index in [0.717, 1.165) is 15.4 Å². The van der Waals surface area contributed by atoms with Gasteiger partial charge in [0.05, 0.1) is 24.9 Å². The van der Waals surface area contributed by atoms with Crippen LogP contribution < -0.4 is 0 Å². The third kappa shape index (κ3) is 4.69. The Morgan fingerprint density at radius 2 is 1.91 bits per heavy atom. The van der Waals surface area contributed by atoms with Crippen molar-refractivity contribution in [3.63, 3.8) is 0 Å². The number of hydrogen-bond acceptors (Lipinski definition) is 3. The first kappa shape index (κ1) is 17.2. The minimum atomic E-state index is -4.48. The lowest BCUT2D eigenvalue weighted by molar-refractivity contribution is -0.130. The standard InChI is InChI=1S/C14H18F3NO3S/c1-18(22(19,20)7-6-14(15,16)17)9-13-8-11-4-2-3-5-12(11)10-21-13/h2-5,13H,6-10H2,1H3/t13-/m1/s1. The zero-order valence-corrected chi connectivity index (χ0v) is 13.0. The number of likely N-dealkylation sites (N-methyl/N-ethyl adjacent to an activating group) is 1. The van der Waals surface area contributed by atoms with E-state index in [-0.39, 0.29) is 12.6 Å². The quantitative estimate of drug-likeness (QED) is 0.829. The second-order valence-corrected chi connectivity index (χ2v) is 7.56. The molecule has 0 N–H and O–H groups in total. The van der Waals surface area contributed by atoms with Crippen molar-refractivity contribution in [2.45, 2.75) is 31.7 Å². The fraction of sp³-hybridized carbons (Fsp3) is 0.571. The zero-order valence-electron chi connectivity index (χ0n) is 12.1. The van der Waals surface area contributed by atoms with Crippen LogP contribution in [0.3, 0.4) is 0 Å². The first-order chi connectivity index (χ1) is 10.2. The molecule has 0 amide bonds. The Labute approximate surface area is 127 Å². The molecule has 0 unspecified atom stereocenters. The van der Waals surface area contributed by atoms with Gasteiger partial charge in [0.1, 0.15) is 0 Å². The molecular weight excluding hydrogens is 319 g/mol. The summed E-state index contributed by atoms with van der Waals surface area (Å²) >= 11 is 0. The van der Waals surface area contributed by atoms with Crippen LogP contribution in [-0.4, -0.2) is 44.3 Å². The van der Waals surface area contributed by atoms with Crippen LogP contribution in [0, 0.1) is 0 Å². The Hall–Kier alpha value is -1.12. The maximum atomic E-state index is 12.2. The molecule has 2 rings (SSSR count). The number of fused-ring (bicyclic) bond motifs is 1. The van der Waals surface area contributed by atoms with Gasteiger partial charge >= 0.3 is 6.18 Å². The lowest BCUT2D eigenvalue weighted by Gasteiger charge is -2.28. The Morgan fingerprint density at radius 1 is 1.27 bits per heavy atom. The van der Waals surface area contributed by atoms with Gasteiger partial charge < -0.3 is 4.74 Å². The first-order valence-corrected chi connectivity index (χ1v) is 8.47. The van der Waals surface area contributed by atoms with E-state index in [2.05, 4.69) is 0 Å². The van der Waals surface area contributed by atoms with E-state index in [1.807, 2.05) is 24.3 Å². The van der Waals surface area contributed by atoms with Gasteiger partial charge in [0.25, 0.3) is 0 Å². The molecule has 0 aromatic heterocycles. The molecule has 1 aromatic carbocycles. The van der Waals surface area contributed by atoms with Crippen molar-refractivity contribution < 1.29 is 26.3 Å². The van der Waals surface area contributed by atoms with Crippen LogP contribution in [0.4, 0.5) is 13.2 Å². The topological polar surface area (TPSA) is 46.6 Å². The highest BCUT2D eigenvalue weighted by Crippen LogP contribution is 2.23.